The van der Waals surface area contributed by atoms with Gasteiger partial charge in [-0.05, 0) is 35.1 Å². The fraction of sp³-hybridized carbons (Fsp3) is 0.333. The smallest absolute Gasteiger partial charge is 0.113 e. The molecule has 1 aliphatic heterocycles. The first-order chi connectivity index (χ1) is 19.7. The molecule has 0 spiro atoms. The minimum Gasteiger partial charge on any atom is -0.369 e. The molecule has 0 bridgehead atoms. The van der Waals surface area contributed by atoms with E-state index in [1.165, 1.54) is 5.56 Å². The third-order valence-electron chi connectivity index (χ3n) is 7.91. The molecule has 1 unspecified atom stereocenters. The van der Waals surface area contributed by atoms with Crippen molar-refractivity contribution in [3.63, 3.8) is 0 Å². The number of hydrogen-bond donors (Lipinski definition) is 0. The molecule has 0 N–H and O–H groups in total. The summed E-state index contributed by atoms with van der Waals surface area (Å²) in [4.78, 5) is 2.53. The van der Waals surface area contributed by atoms with E-state index in [1.807, 2.05) is 18.2 Å². The number of piperidine rings is 1. The van der Waals surface area contributed by atoms with Crippen molar-refractivity contribution in [2.45, 2.75) is 63.9 Å². The van der Waals surface area contributed by atoms with Gasteiger partial charge in [0.2, 0.25) is 0 Å². The van der Waals surface area contributed by atoms with E-state index in [-0.39, 0.29) is 24.4 Å². The number of nitrogens with zero attached hydrogens (tertiary/aromatic N) is 1. The van der Waals surface area contributed by atoms with Crippen molar-refractivity contribution in [2.75, 3.05) is 13.1 Å². The van der Waals surface area contributed by atoms with Crippen LogP contribution in [0.15, 0.2) is 121 Å². The summed E-state index contributed by atoms with van der Waals surface area (Å²) in [7, 11) is 0. The van der Waals surface area contributed by atoms with Crippen molar-refractivity contribution in [1.29, 1.82) is 0 Å². The first-order valence-corrected chi connectivity index (χ1v) is 14.4. The highest BCUT2D eigenvalue weighted by Crippen LogP contribution is 2.30. The molecule has 1 saturated heterocycles. The van der Waals surface area contributed by atoms with E-state index in [1.54, 1.807) is 0 Å². The Morgan fingerprint density at radius 3 is 1.52 bits per heavy atom. The molecule has 0 saturated carbocycles. The van der Waals surface area contributed by atoms with Crippen LogP contribution in [0.4, 0.5) is 0 Å². The Hall–Kier alpha value is -3.28. The maximum absolute atomic E-state index is 6.74. The summed E-state index contributed by atoms with van der Waals surface area (Å²) < 4.78 is 20.1. The minimum absolute atomic E-state index is 0.135. The van der Waals surface area contributed by atoms with Gasteiger partial charge in [0.15, 0.2) is 0 Å². The van der Waals surface area contributed by atoms with Crippen LogP contribution in [0.25, 0.3) is 0 Å². The zero-order valence-electron chi connectivity index (χ0n) is 23.6. The van der Waals surface area contributed by atoms with E-state index < -0.39 is 0 Å². The summed E-state index contributed by atoms with van der Waals surface area (Å²) in [5.41, 5.74) is 4.82. The van der Waals surface area contributed by atoms with Gasteiger partial charge in [0, 0.05) is 19.1 Å². The predicted octanol–water partition coefficient (Wildman–Crippen LogP) is 7.25. The second-order valence-electron chi connectivity index (χ2n) is 10.9. The molecule has 0 radical (unpaired) electrons. The van der Waals surface area contributed by atoms with E-state index >= 15 is 0 Å². The number of rotatable bonds is 12. The lowest BCUT2D eigenvalue weighted by Crippen LogP contribution is -2.62. The molecule has 4 aromatic rings. The molecule has 208 valence electrons. The fourth-order valence-corrected chi connectivity index (χ4v) is 5.57. The maximum Gasteiger partial charge on any atom is 0.113 e. The summed E-state index contributed by atoms with van der Waals surface area (Å²) in [6.45, 7) is 7.89. The Morgan fingerprint density at radius 1 is 0.600 bits per heavy atom. The van der Waals surface area contributed by atoms with Crippen LogP contribution in [0, 0.1) is 0 Å². The topological polar surface area (TPSA) is 30.9 Å². The van der Waals surface area contributed by atoms with Gasteiger partial charge in [-0.1, -0.05) is 128 Å². The standard InChI is InChI=1S/C36H41NO3/c1-28(33-21-13-6-14-22-33)23-37-24-34(38-25-30-15-7-3-8-16-30)36(40-27-32-19-11-5-12-20-32)35(29(37)2)39-26-31-17-9-4-10-18-31/h3-22,28-29,34-36H,23-27H2,1-2H3/t28?,29-,34+,35-,36-/m1/s1. The largest absolute Gasteiger partial charge is 0.369 e. The average Bonchev–Trinajstić information content (AvgIpc) is 3.01. The Morgan fingerprint density at radius 2 is 1.02 bits per heavy atom. The van der Waals surface area contributed by atoms with Gasteiger partial charge in [0.05, 0.1) is 25.9 Å². The molecule has 1 aliphatic rings. The normalized spacial score (nSPS) is 22.1. The summed E-state index contributed by atoms with van der Waals surface area (Å²) in [5.74, 6) is 0.384. The second kappa shape index (κ2) is 14.4. The minimum atomic E-state index is -0.203. The van der Waals surface area contributed by atoms with Crippen molar-refractivity contribution in [2.24, 2.45) is 0 Å². The van der Waals surface area contributed by atoms with Gasteiger partial charge in [-0.25, -0.2) is 0 Å². The molecule has 4 heteroatoms. The van der Waals surface area contributed by atoms with E-state index in [9.17, 15) is 0 Å². The van der Waals surface area contributed by atoms with Crippen LogP contribution in [-0.4, -0.2) is 42.3 Å². The van der Waals surface area contributed by atoms with Gasteiger partial charge >= 0.3 is 0 Å². The molecule has 0 aromatic heterocycles. The zero-order valence-corrected chi connectivity index (χ0v) is 23.6. The third kappa shape index (κ3) is 7.67. The van der Waals surface area contributed by atoms with Crippen LogP contribution >= 0.6 is 0 Å². The van der Waals surface area contributed by atoms with Crippen LogP contribution in [-0.2, 0) is 34.0 Å². The van der Waals surface area contributed by atoms with Crippen molar-refractivity contribution >= 4 is 0 Å². The summed E-state index contributed by atoms with van der Waals surface area (Å²) >= 11 is 0. The summed E-state index contributed by atoms with van der Waals surface area (Å²) in [5, 5.41) is 0. The summed E-state index contributed by atoms with van der Waals surface area (Å²) in [6, 6.07) is 42.1. The van der Waals surface area contributed by atoms with Crippen molar-refractivity contribution in [1.82, 2.24) is 4.90 Å². The molecule has 1 fully saturated rings. The molecule has 1 heterocycles. The second-order valence-corrected chi connectivity index (χ2v) is 10.9. The molecular weight excluding hydrogens is 494 g/mol. The maximum atomic E-state index is 6.74. The Labute approximate surface area is 239 Å². The number of ether oxygens (including phenoxy) is 3. The number of benzene rings is 4. The SMILES string of the molecule is CC(CN1C[C@H](OCc2ccccc2)[C@@H](OCc2ccccc2)[C@H](OCc2ccccc2)[C@H]1C)c1ccccc1. The van der Waals surface area contributed by atoms with Crippen molar-refractivity contribution in [3.05, 3.63) is 144 Å². The van der Waals surface area contributed by atoms with Gasteiger partial charge in [-0.15, -0.1) is 0 Å². The Bertz CT molecular complexity index is 1250. The highest BCUT2D eigenvalue weighted by atomic mass is 16.6. The van der Waals surface area contributed by atoms with E-state index in [0.717, 1.165) is 29.8 Å². The highest BCUT2D eigenvalue weighted by Gasteiger charge is 2.44. The quantitative estimate of drug-likeness (QED) is 0.191. The van der Waals surface area contributed by atoms with Gasteiger partial charge in [-0.2, -0.15) is 0 Å². The zero-order chi connectivity index (χ0) is 27.6. The molecular formula is C36H41NO3. The monoisotopic (exact) mass is 535 g/mol. The molecule has 0 amide bonds. The molecule has 40 heavy (non-hydrogen) atoms. The molecule has 5 atom stereocenters. The Kier molecular flexibility index (Phi) is 10.2. The fourth-order valence-electron chi connectivity index (χ4n) is 5.57. The number of likely N-dealkylation sites (tertiary alicyclic amines) is 1. The van der Waals surface area contributed by atoms with Crippen LogP contribution in [0.1, 0.15) is 42.0 Å². The molecule has 4 nitrogen and oxygen atoms in total. The van der Waals surface area contributed by atoms with E-state index in [2.05, 4.69) is 122 Å². The number of hydrogen-bond acceptors (Lipinski definition) is 4. The van der Waals surface area contributed by atoms with E-state index in [0.29, 0.717) is 25.7 Å². The Balaban J connectivity index is 1.39. The first kappa shape index (κ1) is 28.3. The van der Waals surface area contributed by atoms with Crippen molar-refractivity contribution in [3.8, 4) is 0 Å². The van der Waals surface area contributed by atoms with Crippen LogP contribution in [0.2, 0.25) is 0 Å². The van der Waals surface area contributed by atoms with Crippen LogP contribution in [0.3, 0.4) is 0 Å². The van der Waals surface area contributed by atoms with Crippen LogP contribution in [0.5, 0.6) is 0 Å². The lowest BCUT2D eigenvalue weighted by molar-refractivity contribution is -0.201. The first-order valence-electron chi connectivity index (χ1n) is 14.4. The molecule has 0 aliphatic carbocycles. The average molecular weight is 536 g/mol. The lowest BCUT2D eigenvalue weighted by atomic mass is 9.91. The van der Waals surface area contributed by atoms with Gasteiger partial charge in [0.1, 0.15) is 12.2 Å². The molecule has 4 aromatic carbocycles. The third-order valence-corrected chi connectivity index (χ3v) is 7.91. The lowest BCUT2D eigenvalue weighted by Gasteiger charge is -2.48. The van der Waals surface area contributed by atoms with Gasteiger partial charge in [-0.3, -0.25) is 4.90 Å². The van der Waals surface area contributed by atoms with Gasteiger partial charge in [0.25, 0.3) is 0 Å². The molecule has 5 rings (SSSR count). The van der Waals surface area contributed by atoms with Crippen LogP contribution < -0.4 is 0 Å². The summed E-state index contributed by atoms with van der Waals surface area (Å²) in [6.07, 6.45) is -0.490. The van der Waals surface area contributed by atoms with Crippen molar-refractivity contribution < 1.29 is 14.2 Å². The highest BCUT2D eigenvalue weighted by molar-refractivity contribution is 5.20. The predicted molar refractivity (Wildman–Crippen MR) is 161 cm³/mol. The van der Waals surface area contributed by atoms with E-state index in [4.69, 9.17) is 14.2 Å². The van der Waals surface area contributed by atoms with Gasteiger partial charge < -0.3 is 14.2 Å².